The Labute approximate surface area is 139 Å². The maximum Gasteiger partial charge on any atom is 0.119 e. The van der Waals surface area contributed by atoms with E-state index in [-0.39, 0.29) is 12.4 Å². The van der Waals surface area contributed by atoms with Gasteiger partial charge in [-0.3, -0.25) is 0 Å². The standard InChI is InChI=1S/C18H23NO2.ClH/c1-15-3-5-17(6-4-15)14-21-18-9-7-16(8-10-18)13-19-11-12-20-2;/h3-10,19H,11-14H2,1-2H3;1H. The van der Waals surface area contributed by atoms with Gasteiger partial charge in [-0.2, -0.15) is 0 Å². The summed E-state index contributed by atoms with van der Waals surface area (Å²) in [5.41, 5.74) is 3.70. The normalized spacial score (nSPS) is 10.1. The molecule has 120 valence electrons. The molecule has 2 aromatic carbocycles. The Bertz CT molecular complexity index is 526. The van der Waals surface area contributed by atoms with Gasteiger partial charge >= 0.3 is 0 Å². The topological polar surface area (TPSA) is 30.5 Å². The van der Waals surface area contributed by atoms with Gasteiger partial charge in [-0.1, -0.05) is 42.0 Å². The predicted molar refractivity (Wildman–Crippen MR) is 92.8 cm³/mol. The van der Waals surface area contributed by atoms with Gasteiger partial charge in [0, 0.05) is 20.2 Å². The van der Waals surface area contributed by atoms with Crippen molar-refractivity contribution in [3.05, 3.63) is 65.2 Å². The molecule has 1 N–H and O–H groups in total. The van der Waals surface area contributed by atoms with Crippen molar-refractivity contribution >= 4 is 12.4 Å². The van der Waals surface area contributed by atoms with E-state index in [4.69, 9.17) is 9.47 Å². The minimum atomic E-state index is 0. The molecule has 0 radical (unpaired) electrons. The van der Waals surface area contributed by atoms with Crippen molar-refractivity contribution in [2.45, 2.75) is 20.1 Å². The molecule has 2 rings (SSSR count). The second kappa shape index (κ2) is 10.2. The lowest BCUT2D eigenvalue weighted by Crippen LogP contribution is -2.18. The van der Waals surface area contributed by atoms with Gasteiger partial charge < -0.3 is 14.8 Å². The summed E-state index contributed by atoms with van der Waals surface area (Å²) < 4.78 is 10.8. The molecule has 0 aliphatic heterocycles. The van der Waals surface area contributed by atoms with Crippen LogP contribution in [0.5, 0.6) is 5.75 Å². The summed E-state index contributed by atoms with van der Waals surface area (Å²) in [4.78, 5) is 0. The summed E-state index contributed by atoms with van der Waals surface area (Å²) in [7, 11) is 1.71. The quantitative estimate of drug-likeness (QED) is 0.751. The highest BCUT2D eigenvalue weighted by Crippen LogP contribution is 2.14. The van der Waals surface area contributed by atoms with Gasteiger partial charge in [0.05, 0.1) is 6.61 Å². The van der Waals surface area contributed by atoms with Crippen molar-refractivity contribution in [2.75, 3.05) is 20.3 Å². The van der Waals surface area contributed by atoms with Gasteiger partial charge in [0.1, 0.15) is 12.4 Å². The number of ether oxygens (including phenoxy) is 2. The number of aryl methyl sites for hydroxylation is 1. The maximum absolute atomic E-state index is 5.79. The number of rotatable bonds is 8. The van der Waals surface area contributed by atoms with Gasteiger partial charge in [-0.15, -0.1) is 12.4 Å². The third kappa shape index (κ3) is 6.48. The number of nitrogens with one attached hydrogen (secondary N) is 1. The van der Waals surface area contributed by atoms with Crippen LogP contribution in [0.15, 0.2) is 48.5 Å². The second-order valence-electron chi connectivity index (χ2n) is 5.09. The van der Waals surface area contributed by atoms with Crippen LogP contribution in [0.25, 0.3) is 0 Å². The van der Waals surface area contributed by atoms with Crippen LogP contribution >= 0.6 is 12.4 Å². The lowest BCUT2D eigenvalue weighted by Gasteiger charge is -2.08. The SMILES string of the molecule is COCCNCc1ccc(OCc2ccc(C)cc2)cc1.Cl. The minimum Gasteiger partial charge on any atom is -0.489 e. The summed E-state index contributed by atoms with van der Waals surface area (Å²) in [6.45, 7) is 5.14. The lowest BCUT2D eigenvalue weighted by molar-refractivity contribution is 0.199. The molecule has 0 aliphatic rings. The van der Waals surface area contributed by atoms with Crippen LogP contribution < -0.4 is 10.1 Å². The van der Waals surface area contributed by atoms with Gasteiger partial charge in [-0.25, -0.2) is 0 Å². The van der Waals surface area contributed by atoms with Gasteiger partial charge in [0.25, 0.3) is 0 Å². The smallest absolute Gasteiger partial charge is 0.119 e. The van der Waals surface area contributed by atoms with E-state index in [1.165, 1.54) is 16.7 Å². The van der Waals surface area contributed by atoms with Crippen molar-refractivity contribution < 1.29 is 9.47 Å². The molecule has 0 heterocycles. The Hall–Kier alpha value is -1.55. The number of benzene rings is 2. The molecule has 3 nitrogen and oxygen atoms in total. The van der Waals surface area contributed by atoms with Crippen LogP contribution in [-0.2, 0) is 17.9 Å². The fourth-order valence-corrected chi connectivity index (χ4v) is 1.96. The third-order valence-electron chi connectivity index (χ3n) is 3.26. The van der Waals surface area contributed by atoms with E-state index in [0.717, 1.165) is 25.4 Å². The molecule has 0 saturated carbocycles. The van der Waals surface area contributed by atoms with E-state index in [0.29, 0.717) is 6.61 Å². The molecular weight excluding hydrogens is 298 g/mol. The summed E-state index contributed by atoms with van der Waals surface area (Å²) in [5.74, 6) is 0.899. The average Bonchev–Trinajstić information content (AvgIpc) is 2.52. The van der Waals surface area contributed by atoms with Crippen LogP contribution in [0.4, 0.5) is 0 Å². The fourth-order valence-electron chi connectivity index (χ4n) is 1.96. The molecule has 2 aromatic rings. The van der Waals surface area contributed by atoms with E-state index in [1.54, 1.807) is 7.11 Å². The number of hydrogen-bond donors (Lipinski definition) is 1. The fraction of sp³-hybridized carbons (Fsp3) is 0.333. The first kappa shape index (κ1) is 18.5. The third-order valence-corrected chi connectivity index (χ3v) is 3.26. The average molecular weight is 322 g/mol. The molecule has 0 fully saturated rings. The van der Waals surface area contributed by atoms with Crippen molar-refractivity contribution in [3.8, 4) is 5.75 Å². The Kier molecular flexibility index (Phi) is 8.60. The highest BCUT2D eigenvalue weighted by molar-refractivity contribution is 5.85. The lowest BCUT2D eigenvalue weighted by atomic mass is 10.2. The minimum absolute atomic E-state index is 0. The molecule has 0 aliphatic carbocycles. The molecule has 0 amide bonds. The molecule has 0 bridgehead atoms. The second-order valence-corrected chi connectivity index (χ2v) is 5.09. The van der Waals surface area contributed by atoms with Crippen molar-refractivity contribution in [1.82, 2.24) is 5.32 Å². The molecular formula is C18H24ClNO2. The number of halogens is 1. The van der Waals surface area contributed by atoms with E-state index < -0.39 is 0 Å². The number of hydrogen-bond acceptors (Lipinski definition) is 3. The molecule has 22 heavy (non-hydrogen) atoms. The van der Waals surface area contributed by atoms with Gasteiger partial charge in [0.2, 0.25) is 0 Å². The van der Waals surface area contributed by atoms with Gasteiger partial charge in [-0.05, 0) is 30.2 Å². The van der Waals surface area contributed by atoms with Crippen LogP contribution in [0.3, 0.4) is 0 Å². The predicted octanol–water partition coefficient (Wildman–Crippen LogP) is 3.73. The molecule has 0 spiro atoms. The number of methoxy groups -OCH3 is 1. The molecule has 0 aromatic heterocycles. The largest absolute Gasteiger partial charge is 0.489 e. The Morgan fingerprint density at radius 2 is 1.55 bits per heavy atom. The molecule has 0 saturated heterocycles. The Morgan fingerprint density at radius 3 is 2.18 bits per heavy atom. The highest BCUT2D eigenvalue weighted by atomic mass is 35.5. The van der Waals surface area contributed by atoms with Crippen molar-refractivity contribution in [3.63, 3.8) is 0 Å². The van der Waals surface area contributed by atoms with E-state index in [2.05, 4.69) is 48.6 Å². The zero-order chi connectivity index (χ0) is 14.9. The van der Waals surface area contributed by atoms with E-state index >= 15 is 0 Å². The molecule has 4 heteroatoms. The zero-order valence-corrected chi connectivity index (χ0v) is 14.0. The van der Waals surface area contributed by atoms with Crippen molar-refractivity contribution in [1.29, 1.82) is 0 Å². The first-order chi connectivity index (χ1) is 10.3. The Morgan fingerprint density at radius 1 is 0.909 bits per heavy atom. The van der Waals surface area contributed by atoms with Crippen molar-refractivity contribution in [2.24, 2.45) is 0 Å². The zero-order valence-electron chi connectivity index (χ0n) is 13.2. The van der Waals surface area contributed by atoms with E-state index in [1.807, 2.05) is 12.1 Å². The first-order valence-electron chi connectivity index (χ1n) is 7.25. The van der Waals surface area contributed by atoms with Gasteiger partial charge in [0.15, 0.2) is 0 Å². The highest BCUT2D eigenvalue weighted by Gasteiger charge is 1.97. The maximum atomic E-state index is 5.79. The summed E-state index contributed by atoms with van der Waals surface area (Å²) in [5, 5.41) is 3.32. The van der Waals surface area contributed by atoms with E-state index in [9.17, 15) is 0 Å². The summed E-state index contributed by atoms with van der Waals surface area (Å²) in [6, 6.07) is 16.6. The van der Waals surface area contributed by atoms with Crippen LogP contribution in [-0.4, -0.2) is 20.3 Å². The molecule has 0 atom stereocenters. The molecule has 0 unspecified atom stereocenters. The van der Waals surface area contributed by atoms with Crippen LogP contribution in [0.2, 0.25) is 0 Å². The Balaban J connectivity index is 0.00000242. The first-order valence-corrected chi connectivity index (χ1v) is 7.25. The van der Waals surface area contributed by atoms with Crippen LogP contribution in [0, 0.1) is 6.92 Å². The monoisotopic (exact) mass is 321 g/mol. The summed E-state index contributed by atoms with van der Waals surface area (Å²) in [6.07, 6.45) is 0. The van der Waals surface area contributed by atoms with Crippen LogP contribution in [0.1, 0.15) is 16.7 Å². The summed E-state index contributed by atoms with van der Waals surface area (Å²) >= 11 is 0.